The van der Waals surface area contributed by atoms with Crippen molar-refractivity contribution in [1.29, 1.82) is 0 Å². The minimum atomic E-state index is -4.49. The Morgan fingerprint density at radius 1 is 1.15 bits per heavy atom. The average molecular weight is 197 g/mol. The highest BCUT2D eigenvalue weighted by Crippen LogP contribution is 2.36. The summed E-state index contributed by atoms with van der Waals surface area (Å²) in [6, 6.07) is -2.10. The largest absolute Gasteiger partial charge is 0.406 e. The van der Waals surface area contributed by atoms with Gasteiger partial charge in [0.2, 0.25) is 0 Å². The van der Waals surface area contributed by atoms with Crippen molar-refractivity contribution in [3.63, 3.8) is 0 Å². The van der Waals surface area contributed by atoms with Crippen molar-refractivity contribution in [2.75, 3.05) is 0 Å². The fraction of sp³-hybridized carbons (Fsp3) is 1.00. The van der Waals surface area contributed by atoms with Gasteiger partial charge in [0.25, 0.3) is 0 Å². The van der Waals surface area contributed by atoms with E-state index >= 15 is 0 Å². The Kier molecular flexibility index (Phi) is 2.87. The first kappa shape index (κ1) is 10.8. The first-order valence-corrected chi connectivity index (χ1v) is 4.41. The molecule has 0 bridgehead atoms. The Hall–Kier alpha value is -0.290. The summed E-state index contributed by atoms with van der Waals surface area (Å²) in [7, 11) is 0. The summed E-state index contributed by atoms with van der Waals surface area (Å²) in [5.74, 6) is 0. The summed E-state index contributed by atoms with van der Waals surface area (Å²) >= 11 is 0. The van der Waals surface area contributed by atoms with Crippen molar-refractivity contribution in [2.45, 2.75) is 49.9 Å². The number of rotatable bonds is 1. The molecule has 1 aliphatic rings. The van der Waals surface area contributed by atoms with Crippen LogP contribution in [0.15, 0.2) is 0 Å². The molecule has 0 spiro atoms. The molecule has 0 aliphatic heterocycles. The predicted molar refractivity (Wildman–Crippen MR) is 42.1 cm³/mol. The first-order chi connectivity index (χ1) is 5.86. The van der Waals surface area contributed by atoms with Crippen LogP contribution in [0.5, 0.6) is 0 Å². The van der Waals surface area contributed by atoms with Crippen molar-refractivity contribution in [1.82, 2.24) is 0 Å². The highest BCUT2D eigenvalue weighted by molar-refractivity contribution is 4.95. The van der Waals surface area contributed by atoms with Crippen molar-refractivity contribution in [3.05, 3.63) is 0 Å². The highest BCUT2D eigenvalue weighted by Gasteiger charge is 2.50. The number of aliphatic hydroxyl groups is 1. The van der Waals surface area contributed by atoms with Gasteiger partial charge in [-0.2, -0.15) is 13.2 Å². The lowest BCUT2D eigenvalue weighted by Crippen LogP contribution is -2.57. The zero-order chi connectivity index (χ0) is 10.1. The second-order valence-corrected chi connectivity index (χ2v) is 3.68. The smallest absolute Gasteiger partial charge is 0.388 e. The zero-order valence-electron chi connectivity index (χ0n) is 7.27. The van der Waals surface area contributed by atoms with Crippen molar-refractivity contribution in [2.24, 2.45) is 5.73 Å². The summed E-state index contributed by atoms with van der Waals surface area (Å²) in [5, 5.41) is 9.63. The van der Waals surface area contributed by atoms with E-state index < -0.39 is 17.8 Å². The molecule has 0 aromatic carbocycles. The molecule has 3 N–H and O–H groups in total. The third kappa shape index (κ3) is 2.34. The van der Waals surface area contributed by atoms with Crippen LogP contribution in [0.1, 0.15) is 32.1 Å². The van der Waals surface area contributed by atoms with E-state index in [1.807, 2.05) is 0 Å². The molecule has 1 rings (SSSR count). The molecule has 1 saturated carbocycles. The standard InChI is InChI=1S/C8H14F3NO/c9-8(10,11)6(12)7(13)4-2-1-3-5-7/h6,13H,1-5,12H2/t6-/m1/s1. The van der Waals surface area contributed by atoms with Gasteiger partial charge in [0.05, 0.1) is 5.60 Å². The topological polar surface area (TPSA) is 46.2 Å². The van der Waals surface area contributed by atoms with Crippen LogP contribution in [0.25, 0.3) is 0 Å². The van der Waals surface area contributed by atoms with Gasteiger partial charge in [-0.3, -0.25) is 0 Å². The van der Waals surface area contributed by atoms with Gasteiger partial charge in [-0.1, -0.05) is 19.3 Å². The zero-order valence-corrected chi connectivity index (χ0v) is 7.27. The quantitative estimate of drug-likeness (QED) is 0.670. The van der Waals surface area contributed by atoms with Crippen LogP contribution in [-0.4, -0.2) is 22.9 Å². The van der Waals surface area contributed by atoms with E-state index in [-0.39, 0.29) is 12.8 Å². The van der Waals surface area contributed by atoms with Crippen LogP contribution in [0.2, 0.25) is 0 Å². The Bertz CT molecular complexity index is 175. The van der Waals surface area contributed by atoms with Gasteiger partial charge in [0.1, 0.15) is 6.04 Å². The van der Waals surface area contributed by atoms with Crippen LogP contribution in [0.3, 0.4) is 0 Å². The van der Waals surface area contributed by atoms with E-state index in [2.05, 4.69) is 0 Å². The maximum atomic E-state index is 12.2. The van der Waals surface area contributed by atoms with Gasteiger partial charge in [-0.25, -0.2) is 0 Å². The summed E-state index contributed by atoms with van der Waals surface area (Å²) < 4.78 is 36.6. The van der Waals surface area contributed by atoms with E-state index in [9.17, 15) is 18.3 Å². The first-order valence-electron chi connectivity index (χ1n) is 4.41. The second kappa shape index (κ2) is 3.46. The molecule has 1 aliphatic carbocycles. The van der Waals surface area contributed by atoms with Crippen LogP contribution < -0.4 is 5.73 Å². The average Bonchev–Trinajstić information content (AvgIpc) is 2.03. The lowest BCUT2D eigenvalue weighted by atomic mass is 9.79. The molecule has 0 heterocycles. The molecule has 78 valence electrons. The second-order valence-electron chi connectivity index (χ2n) is 3.68. The fourth-order valence-electron chi connectivity index (χ4n) is 1.78. The Morgan fingerprint density at radius 2 is 1.62 bits per heavy atom. The van der Waals surface area contributed by atoms with Crippen molar-refractivity contribution >= 4 is 0 Å². The number of hydrogen-bond donors (Lipinski definition) is 2. The normalized spacial score (nSPS) is 25.6. The van der Waals surface area contributed by atoms with Gasteiger partial charge in [-0.15, -0.1) is 0 Å². The van der Waals surface area contributed by atoms with Crippen molar-refractivity contribution < 1.29 is 18.3 Å². The van der Waals surface area contributed by atoms with Crippen LogP contribution in [0, 0.1) is 0 Å². The Balaban J connectivity index is 2.67. The van der Waals surface area contributed by atoms with E-state index in [4.69, 9.17) is 5.73 Å². The predicted octanol–water partition coefficient (Wildman–Crippen LogP) is 1.57. The number of halogens is 3. The lowest BCUT2D eigenvalue weighted by molar-refractivity contribution is -0.198. The molecule has 0 amide bonds. The molecule has 1 atom stereocenters. The van der Waals surface area contributed by atoms with Crippen molar-refractivity contribution in [3.8, 4) is 0 Å². The summed E-state index contributed by atoms with van der Waals surface area (Å²) in [6.45, 7) is 0. The maximum Gasteiger partial charge on any atom is 0.406 e. The molecule has 0 radical (unpaired) electrons. The van der Waals surface area contributed by atoms with E-state index in [0.29, 0.717) is 12.8 Å². The molecule has 0 unspecified atom stereocenters. The van der Waals surface area contributed by atoms with Crippen LogP contribution >= 0.6 is 0 Å². The SMILES string of the molecule is N[C@@H](C(F)(F)F)C1(O)CCCCC1. The molecule has 1 fully saturated rings. The van der Waals surface area contributed by atoms with E-state index in [1.165, 1.54) is 0 Å². The molecule has 13 heavy (non-hydrogen) atoms. The molecule has 0 aromatic rings. The Labute approximate surface area is 74.9 Å². The summed E-state index contributed by atoms with van der Waals surface area (Å²) in [6.07, 6.45) is -2.04. The van der Waals surface area contributed by atoms with E-state index in [0.717, 1.165) is 6.42 Å². The van der Waals surface area contributed by atoms with Gasteiger partial charge in [0, 0.05) is 0 Å². The van der Waals surface area contributed by atoms with Gasteiger partial charge in [-0.05, 0) is 12.8 Å². The maximum absolute atomic E-state index is 12.2. The van der Waals surface area contributed by atoms with Gasteiger partial charge in [0.15, 0.2) is 0 Å². The molecular weight excluding hydrogens is 183 g/mol. The third-order valence-electron chi connectivity index (χ3n) is 2.65. The van der Waals surface area contributed by atoms with E-state index in [1.54, 1.807) is 0 Å². The monoisotopic (exact) mass is 197 g/mol. The minimum Gasteiger partial charge on any atom is -0.388 e. The van der Waals surface area contributed by atoms with Gasteiger partial charge >= 0.3 is 6.18 Å². The molecular formula is C8H14F3NO. The number of alkyl halides is 3. The van der Waals surface area contributed by atoms with Gasteiger partial charge < -0.3 is 10.8 Å². The summed E-state index contributed by atoms with van der Waals surface area (Å²) in [4.78, 5) is 0. The summed E-state index contributed by atoms with van der Waals surface area (Å²) in [5.41, 5.74) is 3.26. The van der Waals surface area contributed by atoms with Crippen LogP contribution in [-0.2, 0) is 0 Å². The van der Waals surface area contributed by atoms with Crippen LogP contribution in [0.4, 0.5) is 13.2 Å². The molecule has 0 aromatic heterocycles. The molecule has 2 nitrogen and oxygen atoms in total. The highest BCUT2D eigenvalue weighted by atomic mass is 19.4. The Morgan fingerprint density at radius 3 is 2.00 bits per heavy atom. The molecule has 0 saturated heterocycles. The minimum absolute atomic E-state index is 0.160. The lowest BCUT2D eigenvalue weighted by Gasteiger charge is -2.37. The fourth-order valence-corrected chi connectivity index (χ4v) is 1.78. The third-order valence-corrected chi connectivity index (χ3v) is 2.65. The number of nitrogens with two attached hydrogens (primary N) is 1. The molecule has 5 heteroatoms. The number of hydrogen-bond acceptors (Lipinski definition) is 2.